The van der Waals surface area contributed by atoms with Crippen molar-refractivity contribution in [2.45, 2.75) is 19.5 Å². The Labute approximate surface area is 84.3 Å². The molecule has 0 bridgehead atoms. The van der Waals surface area contributed by atoms with Crippen molar-refractivity contribution in [2.75, 3.05) is 0 Å². The van der Waals surface area contributed by atoms with Crippen LogP contribution in [0.25, 0.3) is 0 Å². The number of rotatable bonds is 2. The van der Waals surface area contributed by atoms with Crippen LogP contribution in [0, 0.1) is 6.92 Å². The number of halogens is 3. The highest BCUT2D eigenvalue weighted by atomic mass is 19.4. The number of hydrogen-bond donors (Lipinski definition) is 1. The summed E-state index contributed by atoms with van der Waals surface area (Å²) in [4.78, 5) is 10.5. The smallest absolute Gasteiger partial charge is 0.393 e. The second kappa shape index (κ2) is 3.92. The molecule has 0 spiro atoms. The molecule has 2 nitrogen and oxygen atoms in total. The van der Waals surface area contributed by atoms with Crippen molar-refractivity contribution in [2.24, 2.45) is 0 Å². The van der Waals surface area contributed by atoms with Gasteiger partial charge < -0.3 is 5.11 Å². The molecule has 0 unspecified atom stereocenters. The molecule has 0 aliphatic carbocycles. The van der Waals surface area contributed by atoms with Crippen LogP contribution in [0.15, 0.2) is 18.2 Å². The van der Waals surface area contributed by atoms with Gasteiger partial charge in [0.25, 0.3) is 0 Å². The minimum atomic E-state index is -4.32. The Morgan fingerprint density at radius 2 is 2.00 bits per heavy atom. The highest BCUT2D eigenvalue weighted by Gasteiger charge is 2.28. The normalized spacial score (nSPS) is 11.5. The number of aromatic carboxylic acids is 1. The summed E-state index contributed by atoms with van der Waals surface area (Å²) in [6.45, 7) is 1.52. The van der Waals surface area contributed by atoms with Crippen LogP contribution in [-0.4, -0.2) is 17.3 Å². The molecule has 0 radical (unpaired) electrons. The Morgan fingerprint density at radius 3 is 2.47 bits per heavy atom. The van der Waals surface area contributed by atoms with Crippen molar-refractivity contribution in [3.05, 3.63) is 34.9 Å². The maximum absolute atomic E-state index is 12.1. The summed E-state index contributed by atoms with van der Waals surface area (Å²) in [5.74, 6) is -1.22. The highest BCUT2D eigenvalue weighted by Crippen LogP contribution is 2.23. The largest absolute Gasteiger partial charge is 0.478 e. The molecular formula is C10H9F3O2. The maximum Gasteiger partial charge on any atom is 0.393 e. The zero-order valence-corrected chi connectivity index (χ0v) is 7.93. The molecule has 5 heteroatoms. The van der Waals surface area contributed by atoms with Crippen molar-refractivity contribution in [3.8, 4) is 0 Å². The number of alkyl halides is 3. The Morgan fingerprint density at radius 1 is 1.40 bits per heavy atom. The first-order valence-corrected chi connectivity index (χ1v) is 4.19. The standard InChI is InChI=1S/C10H9F3O2/c1-6-2-3-7(9(14)15)4-8(6)5-10(11,12)13/h2-4H,5H2,1H3,(H,14,15). The van der Waals surface area contributed by atoms with Crippen molar-refractivity contribution < 1.29 is 23.1 Å². The van der Waals surface area contributed by atoms with Crippen molar-refractivity contribution >= 4 is 5.97 Å². The van der Waals surface area contributed by atoms with Gasteiger partial charge in [-0.15, -0.1) is 0 Å². The van der Waals surface area contributed by atoms with E-state index in [1.807, 2.05) is 0 Å². The van der Waals surface area contributed by atoms with Gasteiger partial charge in [-0.25, -0.2) is 4.79 Å². The lowest BCUT2D eigenvalue weighted by Crippen LogP contribution is -2.13. The van der Waals surface area contributed by atoms with Gasteiger partial charge in [0.05, 0.1) is 12.0 Å². The summed E-state index contributed by atoms with van der Waals surface area (Å²) in [6.07, 6.45) is -5.41. The first kappa shape index (κ1) is 11.6. The lowest BCUT2D eigenvalue weighted by Gasteiger charge is -2.09. The van der Waals surface area contributed by atoms with E-state index in [9.17, 15) is 18.0 Å². The summed E-state index contributed by atoms with van der Waals surface area (Å²) in [5.41, 5.74) is 0.319. The molecule has 1 N–H and O–H groups in total. The average molecular weight is 218 g/mol. The molecular weight excluding hydrogens is 209 g/mol. The summed E-state index contributed by atoms with van der Waals surface area (Å²) in [7, 11) is 0. The number of carboxylic acid groups (broad SMARTS) is 1. The molecule has 0 aliphatic heterocycles. The number of carbonyl (C=O) groups is 1. The Kier molecular flexibility index (Phi) is 3.02. The number of hydrogen-bond acceptors (Lipinski definition) is 1. The van der Waals surface area contributed by atoms with Gasteiger partial charge in [-0.1, -0.05) is 6.07 Å². The van der Waals surface area contributed by atoms with E-state index >= 15 is 0 Å². The second-order valence-corrected chi connectivity index (χ2v) is 3.24. The van der Waals surface area contributed by atoms with Crippen LogP contribution in [0.3, 0.4) is 0 Å². The van der Waals surface area contributed by atoms with Crippen molar-refractivity contribution in [1.82, 2.24) is 0 Å². The molecule has 82 valence electrons. The number of benzene rings is 1. The van der Waals surface area contributed by atoms with Gasteiger partial charge >= 0.3 is 12.1 Å². The SMILES string of the molecule is Cc1ccc(C(=O)O)cc1CC(F)(F)F. The predicted molar refractivity (Wildman–Crippen MR) is 47.9 cm³/mol. The maximum atomic E-state index is 12.1. The topological polar surface area (TPSA) is 37.3 Å². The van der Waals surface area contributed by atoms with Crippen LogP contribution < -0.4 is 0 Å². The second-order valence-electron chi connectivity index (χ2n) is 3.24. The van der Waals surface area contributed by atoms with E-state index in [4.69, 9.17) is 5.11 Å². The van der Waals surface area contributed by atoms with E-state index in [1.165, 1.54) is 19.1 Å². The van der Waals surface area contributed by atoms with Crippen LogP contribution in [0.5, 0.6) is 0 Å². The van der Waals surface area contributed by atoms with Crippen molar-refractivity contribution in [1.29, 1.82) is 0 Å². The zero-order valence-electron chi connectivity index (χ0n) is 7.93. The third kappa shape index (κ3) is 3.27. The fraction of sp³-hybridized carbons (Fsp3) is 0.300. The third-order valence-corrected chi connectivity index (χ3v) is 1.99. The molecule has 15 heavy (non-hydrogen) atoms. The van der Waals surface area contributed by atoms with Gasteiger partial charge in [0.15, 0.2) is 0 Å². The van der Waals surface area contributed by atoms with Gasteiger partial charge in [-0.2, -0.15) is 13.2 Å². The molecule has 0 aromatic heterocycles. The van der Waals surface area contributed by atoms with Crippen LogP contribution in [-0.2, 0) is 6.42 Å². The molecule has 0 saturated carbocycles. The van der Waals surface area contributed by atoms with Crippen LogP contribution in [0.4, 0.5) is 13.2 Å². The fourth-order valence-electron chi connectivity index (χ4n) is 1.21. The minimum absolute atomic E-state index is 0.00222. The third-order valence-electron chi connectivity index (χ3n) is 1.99. The number of aryl methyl sites for hydroxylation is 1. The van der Waals surface area contributed by atoms with E-state index in [2.05, 4.69) is 0 Å². The molecule has 0 aliphatic rings. The molecule has 0 heterocycles. The van der Waals surface area contributed by atoms with E-state index < -0.39 is 18.6 Å². The first-order chi connectivity index (χ1) is 6.79. The van der Waals surface area contributed by atoms with Gasteiger partial charge in [0.1, 0.15) is 0 Å². The van der Waals surface area contributed by atoms with Crippen LogP contribution in [0.2, 0.25) is 0 Å². The number of carboxylic acids is 1. The Balaban J connectivity index is 3.06. The van der Waals surface area contributed by atoms with Crippen LogP contribution >= 0.6 is 0 Å². The molecule has 1 aromatic carbocycles. The Hall–Kier alpha value is -1.52. The van der Waals surface area contributed by atoms with Gasteiger partial charge in [-0.05, 0) is 30.2 Å². The van der Waals surface area contributed by atoms with Gasteiger partial charge in [0.2, 0.25) is 0 Å². The van der Waals surface area contributed by atoms with E-state index in [0.29, 0.717) is 5.56 Å². The summed E-state index contributed by atoms with van der Waals surface area (Å²) >= 11 is 0. The highest BCUT2D eigenvalue weighted by molar-refractivity contribution is 5.87. The quantitative estimate of drug-likeness (QED) is 0.828. The average Bonchev–Trinajstić information content (AvgIpc) is 2.06. The van der Waals surface area contributed by atoms with E-state index in [-0.39, 0.29) is 11.1 Å². The van der Waals surface area contributed by atoms with Crippen molar-refractivity contribution in [3.63, 3.8) is 0 Å². The van der Waals surface area contributed by atoms with Gasteiger partial charge in [0, 0.05) is 0 Å². The molecule has 1 aromatic rings. The summed E-state index contributed by atoms with van der Waals surface area (Å²) in [6, 6.07) is 3.73. The summed E-state index contributed by atoms with van der Waals surface area (Å²) < 4.78 is 36.3. The monoisotopic (exact) mass is 218 g/mol. The van der Waals surface area contributed by atoms with Gasteiger partial charge in [-0.3, -0.25) is 0 Å². The molecule has 0 fully saturated rings. The molecule has 0 amide bonds. The van der Waals surface area contributed by atoms with E-state index in [1.54, 1.807) is 0 Å². The van der Waals surface area contributed by atoms with Crippen LogP contribution in [0.1, 0.15) is 21.5 Å². The molecule has 1 rings (SSSR count). The lowest BCUT2D eigenvalue weighted by molar-refractivity contribution is -0.127. The summed E-state index contributed by atoms with van der Waals surface area (Å²) in [5, 5.41) is 8.62. The zero-order chi connectivity index (χ0) is 11.6. The Bertz CT molecular complexity index is 383. The minimum Gasteiger partial charge on any atom is -0.478 e. The first-order valence-electron chi connectivity index (χ1n) is 4.19. The predicted octanol–water partition coefficient (Wildman–Crippen LogP) is 2.80. The fourth-order valence-corrected chi connectivity index (χ4v) is 1.21. The molecule has 0 atom stereocenters. The molecule has 0 saturated heterocycles. The lowest BCUT2D eigenvalue weighted by atomic mass is 10.0. The van der Waals surface area contributed by atoms with E-state index in [0.717, 1.165) is 6.07 Å².